The van der Waals surface area contributed by atoms with Gasteiger partial charge in [-0.2, -0.15) is 0 Å². The Labute approximate surface area is 124 Å². The molecule has 0 aromatic carbocycles. The summed E-state index contributed by atoms with van der Waals surface area (Å²) in [5.41, 5.74) is 1.23. The number of rotatable bonds is 1. The van der Waals surface area contributed by atoms with Gasteiger partial charge in [0, 0.05) is 32.4 Å². The van der Waals surface area contributed by atoms with E-state index in [1.54, 1.807) is 18.3 Å². The first-order valence-corrected chi connectivity index (χ1v) is 7.18. The highest BCUT2D eigenvalue weighted by Gasteiger charge is 2.35. The molecule has 1 aliphatic carbocycles. The highest BCUT2D eigenvalue weighted by atomic mass is 127. The first kappa shape index (κ1) is 12.7. The molecule has 1 saturated heterocycles. The Hall–Kier alpha value is -1.28. The maximum absolute atomic E-state index is 12.6. The van der Waals surface area contributed by atoms with Crippen LogP contribution in [0.5, 0.6) is 0 Å². The van der Waals surface area contributed by atoms with Crippen LogP contribution in [0.2, 0.25) is 0 Å². The highest BCUT2D eigenvalue weighted by molar-refractivity contribution is 14.1. The van der Waals surface area contributed by atoms with E-state index in [0.29, 0.717) is 14.8 Å². The SMILES string of the molecule is O=C1C(N2CCNCC2)=C(I)C(=O)c2ncccc21. The lowest BCUT2D eigenvalue weighted by Gasteiger charge is -2.33. The molecule has 0 saturated carbocycles. The standard InChI is InChI=1S/C13H12IN3O2/c14-9-11(17-6-4-15-5-7-17)12(18)8-2-1-3-16-10(8)13(9)19/h1-3,15H,4-7H2. The van der Waals surface area contributed by atoms with E-state index in [2.05, 4.69) is 10.3 Å². The Bertz CT molecular complexity index is 591. The second kappa shape index (κ2) is 5.01. The molecule has 1 aliphatic heterocycles. The summed E-state index contributed by atoms with van der Waals surface area (Å²) in [7, 11) is 0. The van der Waals surface area contributed by atoms with Crippen molar-refractivity contribution in [3.63, 3.8) is 0 Å². The number of allylic oxidation sites excluding steroid dienone is 2. The van der Waals surface area contributed by atoms with Crippen molar-refractivity contribution in [1.82, 2.24) is 15.2 Å². The predicted molar refractivity (Wildman–Crippen MR) is 78.4 cm³/mol. The molecule has 0 amide bonds. The highest BCUT2D eigenvalue weighted by Crippen LogP contribution is 2.30. The zero-order valence-electron chi connectivity index (χ0n) is 10.1. The summed E-state index contributed by atoms with van der Waals surface area (Å²) in [4.78, 5) is 30.9. The Morgan fingerprint density at radius 3 is 2.68 bits per heavy atom. The van der Waals surface area contributed by atoms with Crippen molar-refractivity contribution in [1.29, 1.82) is 0 Å². The van der Waals surface area contributed by atoms with Crippen LogP contribution >= 0.6 is 22.6 Å². The zero-order chi connectivity index (χ0) is 13.4. The number of halogens is 1. The first-order chi connectivity index (χ1) is 9.20. The average Bonchev–Trinajstić information content (AvgIpc) is 2.46. The fraction of sp³-hybridized carbons (Fsp3) is 0.308. The molecule has 2 heterocycles. The number of piperazine rings is 1. The van der Waals surface area contributed by atoms with Gasteiger partial charge in [0.2, 0.25) is 11.6 Å². The van der Waals surface area contributed by atoms with Crippen LogP contribution in [-0.4, -0.2) is 47.6 Å². The molecule has 19 heavy (non-hydrogen) atoms. The van der Waals surface area contributed by atoms with Gasteiger partial charge < -0.3 is 10.2 Å². The number of nitrogens with one attached hydrogen (secondary N) is 1. The van der Waals surface area contributed by atoms with Crippen molar-refractivity contribution < 1.29 is 9.59 Å². The second-order valence-corrected chi connectivity index (χ2v) is 5.54. The minimum Gasteiger partial charge on any atom is -0.365 e. The van der Waals surface area contributed by atoms with Crippen molar-refractivity contribution in [2.45, 2.75) is 0 Å². The summed E-state index contributed by atoms with van der Waals surface area (Å²) in [6.45, 7) is 3.15. The summed E-state index contributed by atoms with van der Waals surface area (Å²) in [6, 6.07) is 3.37. The van der Waals surface area contributed by atoms with Gasteiger partial charge in [-0.3, -0.25) is 14.6 Å². The number of pyridine rings is 1. The van der Waals surface area contributed by atoms with E-state index < -0.39 is 0 Å². The van der Waals surface area contributed by atoms with Gasteiger partial charge in [-0.1, -0.05) is 0 Å². The minimum atomic E-state index is -0.149. The quantitative estimate of drug-likeness (QED) is 0.749. The van der Waals surface area contributed by atoms with Crippen molar-refractivity contribution in [3.8, 4) is 0 Å². The summed E-state index contributed by atoms with van der Waals surface area (Å²) in [5.74, 6) is -0.238. The van der Waals surface area contributed by atoms with Crippen LogP contribution in [0, 0.1) is 0 Å². The van der Waals surface area contributed by atoms with Gasteiger partial charge >= 0.3 is 0 Å². The molecular formula is C13H12IN3O2. The molecule has 1 aromatic heterocycles. The molecule has 98 valence electrons. The van der Waals surface area contributed by atoms with Crippen LogP contribution < -0.4 is 5.32 Å². The van der Waals surface area contributed by atoms with Gasteiger partial charge in [-0.05, 0) is 34.7 Å². The zero-order valence-corrected chi connectivity index (χ0v) is 12.3. The number of carbonyl (C=O) groups excluding carboxylic acids is 2. The van der Waals surface area contributed by atoms with Crippen LogP contribution in [0.25, 0.3) is 0 Å². The molecule has 0 unspecified atom stereocenters. The van der Waals surface area contributed by atoms with E-state index in [9.17, 15) is 9.59 Å². The van der Waals surface area contributed by atoms with Crippen LogP contribution in [0.15, 0.2) is 27.6 Å². The molecule has 0 spiro atoms. The van der Waals surface area contributed by atoms with Gasteiger partial charge in [0.1, 0.15) is 11.4 Å². The summed E-state index contributed by atoms with van der Waals surface area (Å²) >= 11 is 1.97. The summed E-state index contributed by atoms with van der Waals surface area (Å²) < 4.78 is 0.482. The van der Waals surface area contributed by atoms with E-state index >= 15 is 0 Å². The third-order valence-corrected chi connectivity index (χ3v) is 4.32. The van der Waals surface area contributed by atoms with Crippen LogP contribution in [0.3, 0.4) is 0 Å². The van der Waals surface area contributed by atoms with E-state index in [0.717, 1.165) is 26.2 Å². The maximum Gasteiger partial charge on any atom is 0.220 e. The van der Waals surface area contributed by atoms with E-state index in [-0.39, 0.29) is 17.3 Å². The number of nitrogens with zero attached hydrogens (tertiary/aromatic N) is 2. The number of hydrogen-bond donors (Lipinski definition) is 1. The second-order valence-electron chi connectivity index (χ2n) is 4.46. The lowest BCUT2D eigenvalue weighted by Crippen LogP contribution is -2.45. The smallest absolute Gasteiger partial charge is 0.220 e. The Balaban J connectivity index is 2.07. The van der Waals surface area contributed by atoms with Crippen molar-refractivity contribution >= 4 is 34.2 Å². The maximum atomic E-state index is 12.6. The molecule has 3 rings (SSSR count). The van der Waals surface area contributed by atoms with Gasteiger partial charge in [0.15, 0.2) is 0 Å². The monoisotopic (exact) mass is 369 g/mol. The number of ketones is 2. The van der Waals surface area contributed by atoms with Crippen LogP contribution in [-0.2, 0) is 0 Å². The third kappa shape index (κ3) is 2.08. The van der Waals surface area contributed by atoms with Gasteiger partial charge in [-0.15, -0.1) is 0 Å². The lowest BCUT2D eigenvalue weighted by atomic mass is 9.96. The Morgan fingerprint density at radius 1 is 1.21 bits per heavy atom. The number of hydrogen-bond acceptors (Lipinski definition) is 5. The van der Waals surface area contributed by atoms with Crippen molar-refractivity contribution in [3.05, 3.63) is 38.9 Å². The molecule has 1 fully saturated rings. The van der Waals surface area contributed by atoms with E-state index in [1.165, 1.54) is 0 Å². The van der Waals surface area contributed by atoms with Crippen molar-refractivity contribution in [2.24, 2.45) is 0 Å². The molecule has 6 heteroatoms. The summed E-state index contributed by atoms with van der Waals surface area (Å²) in [5, 5.41) is 3.24. The number of fused-ring (bicyclic) bond motifs is 1. The van der Waals surface area contributed by atoms with E-state index in [4.69, 9.17) is 0 Å². The lowest BCUT2D eigenvalue weighted by molar-refractivity contribution is 0.0942. The third-order valence-electron chi connectivity index (χ3n) is 3.32. The largest absolute Gasteiger partial charge is 0.365 e. The number of carbonyl (C=O) groups is 2. The molecule has 1 aromatic rings. The molecule has 0 atom stereocenters. The van der Waals surface area contributed by atoms with Gasteiger partial charge in [0.05, 0.1) is 9.14 Å². The summed E-state index contributed by atoms with van der Waals surface area (Å²) in [6.07, 6.45) is 1.55. The fourth-order valence-electron chi connectivity index (χ4n) is 2.38. The first-order valence-electron chi connectivity index (χ1n) is 6.10. The van der Waals surface area contributed by atoms with Crippen LogP contribution in [0.4, 0.5) is 0 Å². The molecular weight excluding hydrogens is 357 g/mol. The average molecular weight is 369 g/mol. The molecule has 0 radical (unpaired) electrons. The Morgan fingerprint density at radius 2 is 1.95 bits per heavy atom. The normalized spacial score (nSPS) is 19.7. The molecule has 5 nitrogen and oxygen atoms in total. The van der Waals surface area contributed by atoms with Gasteiger partial charge in [0.25, 0.3) is 0 Å². The minimum absolute atomic E-state index is 0.0889. The number of aromatic nitrogens is 1. The molecule has 2 aliphatic rings. The Kier molecular flexibility index (Phi) is 3.36. The van der Waals surface area contributed by atoms with Gasteiger partial charge in [-0.25, -0.2) is 0 Å². The number of Topliss-reactive ketones (excluding diaryl/α,β-unsaturated/α-hetero) is 2. The predicted octanol–water partition coefficient (Wildman–Crippen LogP) is 1.01. The van der Waals surface area contributed by atoms with E-state index in [1.807, 2.05) is 27.5 Å². The molecule has 1 N–H and O–H groups in total. The molecule has 0 bridgehead atoms. The van der Waals surface area contributed by atoms with Crippen molar-refractivity contribution in [2.75, 3.05) is 26.2 Å². The topological polar surface area (TPSA) is 62.3 Å². The van der Waals surface area contributed by atoms with Crippen LogP contribution in [0.1, 0.15) is 20.8 Å². The fourth-order valence-corrected chi connectivity index (χ4v) is 3.22.